The molecular weight excluding hydrogens is 380 g/mol. The smallest absolute Gasteiger partial charge is 0.263 e. The van der Waals surface area contributed by atoms with E-state index in [1.165, 1.54) is 11.3 Å². The van der Waals surface area contributed by atoms with Crippen molar-refractivity contribution in [3.05, 3.63) is 32.9 Å². The van der Waals surface area contributed by atoms with E-state index < -0.39 is 10.0 Å². The maximum atomic E-state index is 12.4. The number of sulfonamides is 1. The third-order valence-corrected chi connectivity index (χ3v) is 6.48. The van der Waals surface area contributed by atoms with Gasteiger partial charge in [0.1, 0.15) is 4.90 Å². The highest BCUT2D eigenvalue weighted by Gasteiger charge is 2.22. The van der Waals surface area contributed by atoms with Crippen molar-refractivity contribution in [3.8, 4) is 11.5 Å². The number of thiophene rings is 1. The van der Waals surface area contributed by atoms with Crippen LogP contribution >= 0.6 is 27.3 Å². The van der Waals surface area contributed by atoms with Crippen LogP contribution in [0.3, 0.4) is 0 Å². The predicted octanol–water partition coefficient (Wildman–Crippen LogP) is 2.50. The Kier molecular flexibility index (Phi) is 3.82. The van der Waals surface area contributed by atoms with Gasteiger partial charge in [-0.2, -0.15) is 0 Å². The Bertz CT molecular complexity index is 789. The molecule has 3 rings (SSSR count). The highest BCUT2D eigenvalue weighted by atomic mass is 79.9. The highest BCUT2D eigenvalue weighted by molar-refractivity contribution is 9.11. The number of anilines is 1. The lowest BCUT2D eigenvalue weighted by Crippen LogP contribution is -2.12. The lowest BCUT2D eigenvalue weighted by molar-refractivity contribution is 0.174. The average Bonchev–Trinajstić information content (AvgIpc) is 3.04. The molecule has 2 heterocycles. The summed E-state index contributed by atoms with van der Waals surface area (Å²) >= 11 is 4.56. The number of fused-ring (bicyclic) bond motifs is 1. The molecule has 0 bridgehead atoms. The number of rotatable bonds is 4. The van der Waals surface area contributed by atoms with Crippen molar-refractivity contribution in [2.24, 2.45) is 5.73 Å². The second-order valence-corrected chi connectivity index (χ2v) is 8.33. The topological polar surface area (TPSA) is 90.7 Å². The van der Waals surface area contributed by atoms with Crippen LogP contribution in [-0.2, 0) is 16.6 Å². The first-order valence-electron chi connectivity index (χ1n) is 5.90. The van der Waals surface area contributed by atoms with E-state index in [4.69, 9.17) is 15.2 Å². The number of nitrogens with two attached hydrogens (primary N) is 1. The molecule has 0 atom stereocenters. The van der Waals surface area contributed by atoms with Crippen molar-refractivity contribution in [2.75, 3.05) is 11.5 Å². The molecule has 1 aliphatic rings. The molecule has 21 heavy (non-hydrogen) atoms. The molecular formula is C12H11BrN2O4S2. The van der Waals surface area contributed by atoms with Gasteiger partial charge in [0.15, 0.2) is 11.5 Å². The number of hydrogen-bond acceptors (Lipinski definition) is 6. The van der Waals surface area contributed by atoms with E-state index in [-0.39, 0.29) is 11.7 Å². The minimum Gasteiger partial charge on any atom is -0.454 e. The Labute approximate surface area is 134 Å². The zero-order valence-corrected chi connectivity index (χ0v) is 13.8. The van der Waals surface area contributed by atoms with E-state index in [1.54, 1.807) is 24.3 Å². The van der Waals surface area contributed by atoms with Crippen LogP contribution in [0.15, 0.2) is 32.9 Å². The summed E-state index contributed by atoms with van der Waals surface area (Å²) in [6.07, 6.45) is 0. The number of benzene rings is 1. The summed E-state index contributed by atoms with van der Waals surface area (Å²) < 4.78 is 38.3. The lowest BCUT2D eigenvalue weighted by Gasteiger charge is -2.07. The van der Waals surface area contributed by atoms with Gasteiger partial charge in [-0.1, -0.05) is 0 Å². The van der Waals surface area contributed by atoms with Gasteiger partial charge in [0.2, 0.25) is 6.79 Å². The molecule has 6 nitrogen and oxygen atoms in total. The molecule has 0 saturated heterocycles. The molecule has 112 valence electrons. The number of ether oxygens (including phenoxy) is 2. The Morgan fingerprint density at radius 2 is 2.05 bits per heavy atom. The summed E-state index contributed by atoms with van der Waals surface area (Å²) in [7, 11) is -3.69. The highest BCUT2D eigenvalue weighted by Crippen LogP contribution is 2.36. The Hall–Kier alpha value is -1.29. The Balaban J connectivity index is 1.90. The fourth-order valence-corrected chi connectivity index (χ4v) is 5.46. The Morgan fingerprint density at radius 3 is 2.76 bits per heavy atom. The van der Waals surface area contributed by atoms with E-state index in [0.717, 1.165) is 4.88 Å². The van der Waals surface area contributed by atoms with Gasteiger partial charge in [-0.3, -0.25) is 4.72 Å². The summed E-state index contributed by atoms with van der Waals surface area (Å²) in [5, 5.41) is 0. The van der Waals surface area contributed by atoms with Gasteiger partial charge in [-0.05, 0) is 34.1 Å². The number of nitrogens with one attached hydrogen (secondary N) is 1. The maximum Gasteiger partial charge on any atom is 0.263 e. The summed E-state index contributed by atoms with van der Waals surface area (Å²) in [5.41, 5.74) is 5.94. The number of hydrogen-bond donors (Lipinski definition) is 2. The first kappa shape index (κ1) is 14.6. The molecule has 0 radical (unpaired) electrons. The van der Waals surface area contributed by atoms with E-state index in [9.17, 15) is 8.42 Å². The molecule has 1 aromatic carbocycles. The van der Waals surface area contributed by atoms with Crippen LogP contribution in [0.4, 0.5) is 5.69 Å². The average molecular weight is 391 g/mol. The number of halogens is 1. The lowest BCUT2D eigenvalue weighted by atomic mass is 10.3. The summed E-state index contributed by atoms with van der Waals surface area (Å²) in [6.45, 7) is 0.435. The third kappa shape index (κ3) is 2.86. The molecule has 2 aromatic rings. The SMILES string of the molecule is NCc1cc(S(=O)(=O)Nc2ccc3c(c2)OCO3)c(Br)s1. The molecule has 0 amide bonds. The first-order chi connectivity index (χ1) is 9.99. The fraction of sp³-hybridized carbons (Fsp3) is 0.167. The Morgan fingerprint density at radius 1 is 1.29 bits per heavy atom. The summed E-state index contributed by atoms with van der Waals surface area (Å²) in [4.78, 5) is 0.957. The van der Waals surface area contributed by atoms with Gasteiger partial charge in [-0.25, -0.2) is 8.42 Å². The van der Waals surface area contributed by atoms with Crippen molar-refractivity contribution in [3.63, 3.8) is 0 Å². The molecule has 9 heteroatoms. The zero-order valence-electron chi connectivity index (χ0n) is 10.6. The van der Waals surface area contributed by atoms with Crippen LogP contribution < -0.4 is 19.9 Å². The molecule has 1 aliphatic heterocycles. The second-order valence-electron chi connectivity index (χ2n) is 4.23. The van der Waals surface area contributed by atoms with Crippen LogP contribution in [0.1, 0.15) is 4.88 Å². The van der Waals surface area contributed by atoms with Crippen LogP contribution in [0.25, 0.3) is 0 Å². The van der Waals surface area contributed by atoms with E-state index in [1.807, 2.05) is 0 Å². The minimum atomic E-state index is -3.69. The zero-order chi connectivity index (χ0) is 15.0. The van der Waals surface area contributed by atoms with Gasteiger partial charge in [0.25, 0.3) is 10.0 Å². The maximum absolute atomic E-state index is 12.4. The minimum absolute atomic E-state index is 0.140. The van der Waals surface area contributed by atoms with Gasteiger partial charge >= 0.3 is 0 Å². The van der Waals surface area contributed by atoms with Gasteiger partial charge in [0, 0.05) is 17.5 Å². The molecule has 0 unspecified atom stereocenters. The molecule has 3 N–H and O–H groups in total. The van der Waals surface area contributed by atoms with Crippen LogP contribution in [-0.4, -0.2) is 15.2 Å². The predicted molar refractivity (Wildman–Crippen MR) is 83.3 cm³/mol. The molecule has 0 aliphatic carbocycles. The normalized spacial score (nSPS) is 13.4. The third-order valence-electron chi connectivity index (χ3n) is 2.82. The van der Waals surface area contributed by atoms with Gasteiger partial charge < -0.3 is 15.2 Å². The van der Waals surface area contributed by atoms with Crippen molar-refractivity contribution in [1.29, 1.82) is 0 Å². The van der Waals surface area contributed by atoms with Gasteiger partial charge in [0.05, 0.1) is 9.47 Å². The second kappa shape index (κ2) is 5.48. The van der Waals surface area contributed by atoms with E-state index in [0.29, 0.717) is 27.5 Å². The molecule has 0 saturated carbocycles. The molecule has 1 aromatic heterocycles. The van der Waals surface area contributed by atoms with Crippen molar-refractivity contribution >= 4 is 43.0 Å². The van der Waals surface area contributed by atoms with E-state index >= 15 is 0 Å². The van der Waals surface area contributed by atoms with Crippen LogP contribution in [0.5, 0.6) is 11.5 Å². The van der Waals surface area contributed by atoms with Gasteiger partial charge in [-0.15, -0.1) is 11.3 Å². The van der Waals surface area contributed by atoms with Crippen molar-refractivity contribution in [1.82, 2.24) is 0 Å². The van der Waals surface area contributed by atoms with E-state index in [2.05, 4.69) is 20.7 Å². The first-order valence-corrected chi connectivity index (χ1v) is 8.99. The fourth-order valence-electron chi connectivity index (χ4n) is 1.85. The monoisotopic (exact) mass is 390 g/mol. The quantitative estimate of drug-likeness (QED) is 0.836. The standard InChI is InChI=1S/C12H11BrN2O4S2/c13-12-11(4-8(5-14)20-12)21(16,17)15-7-1-2-9-10(3-7)19-6-18-9/h1-4,15H,5-6,14H2. The summed E-state index contributed by atoms with van der Waals surface area (Å²) in [5.74, 6) is 1.11. The molecule has 0 spiro atoms. The molecule has 0 fully saturated rings. The largest absolute Gasteiger partial charge is 0.454 e. The van der Waals surface area contributed by atoms with Crippen molar-refractivity contribution in [2.45, 2.75) is 11.4 Å². The van der Waals surface area contributed by atoms with Crippen LogP contribution in [0, 0.1) is 0 Å². The van der Waals surface area contributed by atoms with Crippen molar-refractivity contribution < 1.29 is 17.9 Å². The summed E-state index contributed by atoms with van der Waals surface area (Å²) in [6, 6.07) is 6.43. The van der Waals surface area contributed by atoms with Crippen LogP contribution in [0.2, 0.25) is 0 Å².